The standard InChI is InChI=1S/C24H27N5O2/c1-24(2,3)19-15-21(29(27-19)20-10-4-5-12-25-20)26-23(31)18-9-6-8-17(14-18)16-28-13-7-11-22(28)30/h4-6,8-10,12,14-15H,7,11,13,16H2,1-3H3,(H,26,31). The Kier molecular flexibility index (Phi) is 5.59. The highest BCUT2D eigenvalue weighted by Crippen LogP contribution is 2.26. The van der Waals surface area contributed by atoms with E-state index in [1.165, 1.54) is 0 Å². The van der Waals surface area contributed by atoms with Crippen molar-refractivity contribution in [2.45, 2.75) is 45.6 Å². The minimum Gasteiger partial charge on any atom is -0.338 e. The van der Waals surface area contributed by atoms with Crippen molar-refractivity contribution in [2.75, 3.05) is 11.9 Å². The van der Waals surface area contributed by atoms with E-state index in [2.05, 4.69) is 36.2 Å². The summed E-state index contributed by atoms with van der Waals surface area (Å²) in [6.45, 7) is 7.53. The highest BCUT2D eigenvalue weighted by molar-refractivity contribution is 6.04. The number of hydrogen-bond acceptors (Lipinski definition) is 4. The van der Waals surface area contributed by atoms with Crippen LogP contribution in [0.5, 0.6) is 0 Å². The first-order chi connectivity index (χ1) is 14.8. The lowest BCUT2D eigenvalue weighted by Crippen LogP contribution is -2.24. The normalized spacial score (nSPS) is 14.2. The summed E-state index contributed by atoms with van der Waals surface area (Å²) in [7, 11) is 0. The van der Waals surface area contributed by atoms with Gasteiger partial charge in [-0.1, -0.05) is 39.0 Å². The maximum absolute atomic E-state index is 13.1. The maximum Gasteiger partial charge on any atom is 0.256 e. The number of carbonyl (C=O) groups is 2. The van der Waals surface area contributed by atoms with Crippen molar-refractivity contribution in [3.05, 3.63) is 71.5 Å². The number of amides is 2. The van der Waals surface area contributed by atoms with Gasteiger partial charge in [0.05, 0.1) is 5.69 Å². The molecule has 3 heterocycles. The summed E-state index contributed by atoms with van der Waals surface area (Å²) in [5.74, 6) is 1.14. The molecule has 0 unspecified atom stereocenters. The molecule has 4 rings (SSSR count). The van der Waals surface area contributed by atoms with Crippen molar-refractivity contribution >= 4 is 17.6 Å². The Hall–Kier alpha value is -3.48. The van der Waals surface area contributed by atoms with Gasteiger partial charge in [0, 0.05) is 42.8 Å². The topological polar surface area (TPSA) is 80.1 Å². The van der Waals surface area contributed by atoms with E-state index in [1.807, 2.05) is 47.4 Å². The smallest absolute Gasteiger partial charge is 0.256 e. The van der Waals surface area contributed by atoms with Gasteiger partial charge in [0.15, 0.2) is 5.82 Å². The second-order valence-electron chi connectivity index (χ2n) is 8.84. The quantitative estimate of drug-likeness (QED) is 0.682. The van der Waals surface area contributed by atoms with E-state index < -0.39 is 0 Å². The SMILES string of the molecule is CC(C)(C)c1cc(NC(=O)c2cccc(CN3CCCC3=O)c2)n(-c2ccccn2)n1. The molecule has 7 nitrogen and oxygen atoms in total. The zero-order chi connectivity index (χ0) is 22.0. The number of nitrogens with one attached hydrogen (secondary N) is 1. The lowest BCUT2D eigenvalue weighted by atomic mass is 9.92. The van der Waals surface area contributed by atoms with Crippen molar-refractivity contribution < 1.29 is 9.59 Å². The fourth-order valence-electron chi connectivity index (χ4n) is 3.58. The summed E-state index contributed by atoms with van der Waals surface area (Å²) in [5, 5.41) is 7.68. The molecule has 0 aliphatic carbocycles. The van der Waals surface area contributed by atoms with E-state index in [-0.39, 0.29) is 17.2 Å². The Bertz CT molecular complexity index is 1100. The van der Waals surface area contributed by atoms with E-state index in [9.17, 15) is 9.59 Å². The fourth-order valence-corrected chi connectivity index (χ4v) is 3.58. The third-order valence-corrected chi connectivity index (χ3v) is 5.32. The van der Waals surface area contributed by atoms with Crippen LogP contribution in [0.4, 0.5) is 5.82 Å². The predicted octanol–water partition coefficient (Wildman–Crippen LogP) is 3.94. The number of rotatable bonds is 5. The zero-order valence-corrected chi connectivity index (χ0v) is 18.1. The van der Waals surface area contributed by atoms with Crippen LogP contribution in [0.25, 0.3) is 5.82 Å². The number of hydrogen-bond donors (Lipinski definition) is 1. The van der Waals surface area contributed by atoms with Crippen LogP contribution in [0.3, 0.4) is 0 Å². The second kappa shape index (κ2) is 8.34. The molecule has 7 heteroatoms. The summed E-state index contributed by atoms with van der Waals surface area (Å²) in [4.78, 5) is 31.2. The molecule has 0 spiro atoms. The van der Waals surface area contributed by atoms with Gasteiger partial charge in [0.2, 0.25) is 5.91 Å². The molecular formula is C24H27N5O2. The zero-order valence-electron chi connectivity index (χ0n) is 18.1. The van der Waals surface area contributed by atoms with Gasteiger partial charge in [-0.25, -0.2) is 4.98 Å². The Morgan fingerprint density at radius 3 is 2.65 bits per heavy atom. The first kappa shape index (κ1) is 20.8. The third-order valence-electron chi connectivity index (χ3n) is 5.32. The van der Waals surface area contributed by atoms with Gasteiger partial charge in [-0.05, 0) is 36.2 Å². The van der Waals surface area contributed by atoms with Gasteiger partial charge in [-0.2, -0.15) is 9.78 Å². The molecule has 2 amide bonds. The molecule has 0 bridgehead atoms. The Labute approximate surface area is 182 Å². The molecule has 0 radical (unpaired) electrons. The Morgan fingerprint density at radius 1 is 1.13 bits per heavy atom. The lowest BCUT2D eigenvalue weighted by Gasteiger charge is -2.16. The number of pyridine rings is 1. The summed E-state index contributed by atoms with van der Waals surface area (Å²) in [6, 6.07) is 14.9. The highest BCUT2D eigenvalue weighted by Gasteiger charge is 2.23. The Balaban J connectivity index is 1.59. The molecule has 1 aromatic carbocycles. The summed E-state index contributed by atoms with van der Waals surface area (Å²) in [6.07, 6.45) is 3.20. The van der Waals surface area contributed by atoms with Crippen LogP contribution in [-0.2, 0) is 16.8 Å². The molecule has 0 atom stereocenters. The molecule has 1 saturated heterocycles. The number of likely N-dealkylation sites (tertiary alicyclic amines) is 1. The first-order valence-corrected chi connectivity index (χ1v) is 10.5. The Morgan fingerprint density at radius 2 is 1.97 bits per heavy atom. The fraction of sp³-hybridized carbons (Fsp3) is 0.333. The lowest BCUT2D eigenvalue weighted by molar-refractivity contribution is -0.128. The minimum absolute atomic E-state index is 0.170. The average molecular weight is 418 g/mol. The van der Waals surface area contributed by atoms with Crippen LogP contribution in [0, 0.1) is 0 Å². The summed E-state index contributed by atoms with van der Waals surface area (Å²) >= 11 is 0. The van der Waals surface area contributed by atoms with Crippen molar-refractivity contribution in [1.29, 1.82) is 0 Å². The second-order valence-corrected chi connectivity index (χ2v) is 8.84. The largest absolute Gasteiger partial charge is 0.338 e. The summed E-state index contributed by atoms with van der Waals surface area (Å²) in [5.41, 5.74) is 2.16. The molecule has 31 heavy (non-hydrogen) atoms. The van der Waals surface area contributed by atoms with Crippen molar-refractivity contribution in [1.82, 2.24) is 19.7 Å². The van der Waals surface area contributed by atoms with E-state index in [4.69, 9.17) is 0 Å². The van der Waals surface area contributed by atoms with Gasteiger partial charge in [-0.15, -0.1) is 0 Å². The van der Waals surface area contributed by atoms with Crippen LogP contribution >= 0.6 is 0 Å². The number of carbonyl (C=O) groups excluding carboxylic acids is 2. The molecule has 1 aliphatic heterocycles. The highest BCUT2D eigenvalue weighted by atomic mass is 16.2. The molecule has 2 aromatic heterocycles. The number of anilines is 1. The van der Waals surface area contributed by atoms with Crippen molar-refractivity contribution in [3.8, 4) is 5.82 Å². The number of aromatic nitrogens is 3. The van der Waals surface area contributed by atoms with Crippen LogP contribution in [0.2, 0.25) is 0 Å². The van der Waals surface area contributed by atoms with Crippen LogP contribution < -0.4 is 5.32 Å². The van der Waals surface area contributed by atoms with Crippen molar-refractivity contribution in [3.63, 3.8) is 0 Å². The third kappa shape index (κ3) is 4.66. The molecular weight excluding hydrogens is 390 g/mol. The van der Waals surface area contributed by atoms with E-state index in [0.29, 0.717) is 30.2 Å². The number of benzene rings is 1. The molecule has 1 aliphatic rings. The molecule has 0 saturated carbocycles. The monoisotopic (exact) mass is 417 g/mol. The maximum atomic E-state index is 13.1. The summed E-state index contributed by atoms with van der Waals surface area (Å²) < 4.78 is 1.66. The molecule has 1 fully saturated rings. The minimum atomic E-state index is -0.230. The first-order valence-electron chi connectivity index (χ1n) is 10.5. The van der Waals surface area contributed by atoms with Crippen LogP contribution in [0.1, 0.15) is 55.2 Å². The van der Waals surface area contributed by atoms with Gasteiger partial charge in [-0.3, -0.25) is 9.59 Å². The van der Waals surface area contributed by atoms with Gasteiger partial charge in [0.25, 0.3) is 5.91 Å². The predicted molar refractivity (Wildman–Crippen MR) is 119 cm³/mol. The average Bonchev–Trinajstić information content (AvgIpc) is 3.35. The van der Waals surface area contributed by atoms with Gasteiger partial charge in [0.1, 0.15) is 5.82 Å². The van der Waals surface area contributed by atoms with E-state index in [0.717, 1.165) is 24.2 Å². The number of nitrogens with zero attached hydrogens (tertiary/aromatic N) is 4. The van der Waals surface area contributed by atoms with E-state index in [1.54, 1.807) is 16.9 Å². The van der Waals surface area contributed by atoms with Gasteiger partial charge < -0.3 is 10.2 Å². The van der Waals surface area contributed by atoms with Crippen LogP contribution in [-0.4, -0.2) is 38.0 Å². The molecule has 1 N–H and O–H groups in total. The van der Waals surface area contributed by atoms with Crippen molar-refractivity contribution in [2.24, 2.45) is 0 Å². The van der Waals surface area contributed by atoms with Crippen LogP contribution in [0.15, 0.2) is 54.7 Å². The van der Waals surface area contributed by atoms with Gasteiger partial charge >= 0.3 is 0 Å². The molecule has 160 valence electrons. The molecule has 3 aromatic rings. The van der Waals surface area contributed by atoms with E-state index >= 15 is 0 Å².